The lowest BCUT2D eigenvalue weighted by Crippen LogP contribution is -2.46. The average Bonchev–Trinajstić information content (AvgIpc) is 2.28. The Bertz CT molecular complexity index is 441. The van der Waals surface area contributed by atoms with E-state index in [9.17, 15) is 26.7 Å². The number of halogens is 5. The highest BCUT2D eigenvalue weighted by Gasteiger charge is 2.65. The third-order valence-electron chi connectivity index (χ3n) is 1.88. The van der Waals surface area contributed by atoms with Crippen molar-refractivity contribution >= 4 is 5.97 Å². The van der Waals surface area contributed by atoms with Crippen molar-refractivity contribution in [1.82, 2.24) is 0 Å². The second kappa shape index (κ2) is 4.79. The van der Waals surface area contributed by atoms with Crippen LogP contribution < -0.4 is 9.47 Å². The van der Waals surface area contributed by atoms with Gasteiger partial charge in [-0.25, -0.2) is 4.79 Å². The number of benzene rings is 1. The molecule has 1 aromatic rings. The van der Waals surface area contributed by atoms with Crippen molar-refractivity contribution < 1.29 is 36.2 Å². The molecule has 3 nitrogen and oxygen atoms in total. The van der Waals surface area contributed by atoms with Crippen molar-refractivity contribution in [2.75, 3.05) is 7.11 Å². The molecule has 0 fully saturated rings. The summed E-state index contributed by atoms with van der Waals surface area (Å²) in [5, 5.41) is 0. The molecule has 0 bridgehead atoms. The first-order chi connectivity index (χ1) is 8.20. The Morgan fingerprint density at radius 2 is 1.56 bits per heavy atom. The molecule has 0 aliphatic rings. The molecule has 0 atom stereocenters. The summed E-state index contributed by atoms with van der Waals surface area (Å²) in [6.45, 7) is 0. The van der Waals surface area contributed by atoms with Crippen molar-refractivity contribution in [3.63, 3.8) is 0 Å². The second-order valence-corrected chi connectivity index (χ2v) is 3.11. The van der Waals surface area contributed by atoms with Crippen LogP contribution in [0.25, 0.3) is 0 Å². The first kappa shape index (κ1) is 14.2. The number of hydrogen-bond donors (Lipinski definition) is 0. The van der Waals surface area contributed by atoms with Crippen molar-refractivity contribution in [1.29, 1.82) is 0 Å². The lowest BCUT2D eigenvalue weighted by Gasteiger charge is -2.18. The number of carbonyl (C=O) groups is 1. The van der Waals surface area contributed by atoms with Gasteiger partial charge in [-0.2, -0.15) is 22.0 Å². The lowest BCUT2D eigenvalue weighted by atomic mass is 10.3. The minimum atomic E-state index is -6.01. The molecule has 1 rings (SSSR count). The normalized spacial score (nSPS) is 12.1. The van der Waals surface area contributed by atoms with Crippen LogP contribution >= 0.6 is 0 Å². The summed E-state index contributed by atoms with van der Waals surface area (Å²) in [7, 11) is 1.15. The van der Waals surface area contributed by atoms with Gasteiger partial charge in [-0.1, -0.05) is 12.1 Å². The van der Waals surface area contributed by atoms with Crippen LogP contribution in [-0.4, -0.2) is 25.2 Å². The standard InChI is InChI=1S/C10H7F5O3/c1-17-6-4-2-3-5-7(6)18-8(16)9(11,12)10(13,14)15/h2-5H,1H3. The van der Waals surface area contributed by atoms with Crippen LogP contribution in [0.3, 0.4) is 0 Å². The molecular weight excluding hydrogens is 263 g/mol. The maximum atomic E-state index is 12.6. The zero-order valence-corrected chi connectivity index (χ0v) is 8.92. The molecule has 0 radical (unpaired) electrons. The number of esters is 1. The SMILES string of the molecule is COc1ccccc1OC(=O)C(F)(F)C(F)(F)F. The third kappa shape index (κ3) is 2.69. The fraction of sp³-hybridized carbons (Fsp3) is 0.300. The smallest absolute Gasteiger partial charge is 0.465 e. The van der Waals surface area contributed by atoms with Gasteiger partial charge in [0.05, 0.1) is 7.11 Å². The summed E-state index contributed by atoms with van der Waals surface area (Å²) in [5.74, 6) is -8.94. The Morgan fingerprint density at radius 1 is 1.06 bits per heavy atom. The molecule has 0 unspecified atom stereocenters. The highest BCUT2D eigenvalue weighted by molar-refractivity contribution is 5.81. The number of carbonyl (C=O) groups excluding carboxylic acids is 1. The van der Waals surface area contributed by atoms with Gasteiger partial charge in [0.25, 0.3) is 0 Å². The van der Waals surface area contributed by atoms with Gasteiger partial charge >= 0.3 is 18.1 Å². The molecule has 0 aliphatic heterocycles. The molecule has 0 saturated heterocycles. The molecule has 18 heavy (non-hydrogen) atoms. The fourth-order valence-electron chi connectivity index (χ4n) is 0.983. The predicted octanol–water partition coefficient (Wildman–Crippen LogP) is 2.80. The topological polar surface area (TPSA) is 35.5 Å². The van der Waals surface area contributed by atoms with Gasteiger partial charge in [0, 0.05) is 0 Å². The van der Waals surface area contributed by atoms with Crippen LogP contribution in [-0.2, 0) is 4.79 Å². The Kier molecular flexibility index (Phi) is 3.78. The molecule has 0 aromatic heterocycles. The number of hydrogen-bond acceptors (Lipinski definition) is 3. The Labute approximate surface area is 98.1 Å². The average molecular weight is 270 g/mol. The number of ether oxygens (including phenoxy) is 2. The van der Waals surface area contributed by atoms with Gasteiger partial charge < -0.3 is 9.47 Å². The zero-order chi connectivity index (χ0) is 14.0. The van der Waals surface area contributed by atoms with Gasteiger partial charge in [-0.15, -0.1) is 0 Å². The number of alkyl halides is 5. The third-order valence-corrected chi connectivity index (χ3v) is 1.88. The maximum Gasteiger partial charge on any atom is 0.465 e. The van der Waals surface area contributed by atoms with Crippen molar-refractivity contribution in [3.8, 4) is 11.5 Å². The monoisotopic (exact) mass is 270 g/mol. The molecule has 0 spiro atoms. The summed E-state index contributed by atoms with van der Waals surface area (Å²) in [6.07, 6.45) is -6.01. The molecule has 0 aliphatic carbocycles. The van der Waals surface area contributed by atoms with E-state index in [0.29, 0.717) is 0 Å². The van der Waals surface area contributed by atoms with Gasteiger partial charge in [0.15, 0.2) is 11.5 Å². The number of rotatable bonds is 3. The van der Waals surface area contributed by atoms with E-state index in [1.165, 1.54) is 18.2 Å². The molecule has 0 heterocycles. The van der Waals surface area contributed by atoms with Gasteiger partial charge in [-0.05, 0) is 12.1 Å². The van der Waals surface area contributed by atoms with Crippen LogP contribution in [0.15, 0.2) is 24.3 Å². The summed E-state index contributed by atoms with van der Waals surface area (Å²) in [4.78, 5) is 10.8. The maximum absolute atomic E-state index is 12.6. The van der Waals surface area contributed by atoms with E-state index in [2.05, 4.69) is 9.47 Å². The van der Waals surface area contributed by atoms with E-state index in [0.717, 1.165) is 13.2 Å². The van der Waals surface area contributed by atoms with E-state index >= 15 is 0 Å². The van der Waals surface area contributed by atoms with E-state index in [4.69, 9.17) is 0 Å². The first-order valence-corrected chi connectivity index (χ1v) is 4.50. The summed E-state index contributed by atoms with van der Waals surface area (Å²) in [6, 6.07) is 4.99. The Hall–Kier alpha value is -1.86. The van der Waals surface area contributed by atoms with Crippen LogP contribution in [0.2, 0.25) is 0 Å². The van der Waals surface area contributed by atoms with E-state index in [-0.39, 0.29) is 5.75 Å². The number of para-hydroxylation sites is 2. The van der Waals surface area contributed by atoms with Crippen molar-refractivity contribution in [3.05, 3.63) is 24.3 Å². The molecular formula is C10H7F5O3. The predicted molar refractivity (Wildman–Crippen MR) is 49.6 cm³/mol. The molecule has 0 N–H and O–H groups in total. The van der Waals surface area contributed by atoms with Crippen LogP contribution in [0.1, 0.15) is 0 Å². The lowest BCUT2D eigenvalue weighted by molar-refractivity contribution is -0.276. The highest BCUT2D eigenvalue weighted by Crippen LogP contribution is 2.37. The van der Waals surface area contributed by atoms with Gasteiger partial charge in [0.2, 0.25) is 0 Å². The summed E-state index contributed by atoms with van der Waals surface area (Å²) in [5.41, 5.74) is 0. The Balaban J connectivity index is 2.95. The van der Waals surface area contributed by atoms with Crippen LogP contribution in [0, 0.1) is 0 Å². The molecule has 0 saturated carbocycles. The van der Waals surface area contributed by atoms with Crippen molar-refractivity contribution in [2.45, 2.75) is 12.1 Å². The summed E-state index contributed by atoms with van der Waals surface area (Å²) >= 11 is 0. The van der Waals surface area contributed by atoms with Crippen LogP contribution in [0.4, 0.5) is 22.0 Å². The van der Waals surface area contributed by atoms with E-state index < -0.39 is 23.8 Å². The van der Waals surface area contributed by atoms with Crippen molar-refractivity contribution in [2.24, 2.45) is 0 Å². The first-order valence-electron chi connectivity index (χ1n) is 4.50. The quantitative estimate of drug-likeness (QED) is 0.481. The minimum Gasteiger partial charge on any atom is -0.493 e. The zero-order valence-electron chi connectivity index (χ0n) is 8.92. The van der Waals surface area contributed by atoms with E-state index in [1.807, 2.05) is 0 Å². The minimum absolute atomic E-state index is 0.135. The molecule has 1 aromatic carbocycles. The largest absolute Gasteiger partial charge is 0.493 e. The number of methoxy groups -OCH3 is 1. The fourth-order valence-corrected chi connectivity index (χ4v) is 0.983. The second-order valence-electron chi connectivity index (χ2n) is 3.11. The Morgan fingerprint density at radius 3 is 2.00 bits per heavy atom. The molecule has 8 heteroatoms. The molecule has 0 amide bonds. The van der Waals surface area contributed by atoms with Gasteiger partial charge in [-0.3, -0.25) is 0 Å². The molecule has 100 valence electrons. The highest BCUT2D eigenvalue weighted by atomic mass is 19.4. The van der Waals surface area contributed by atoms with Crippen LogP contribution in [0.5, 0.6) is 11.5 Å². The van der Waals surface area contributed by atoms with E-state index in [1.54, 1.807) is 0 Å². The summed E-state index contributed by atoms with van der Waals surface area (Å²) < 4.78 is 69.5. The van der Waals surface area contributed by atoms with Gasteiger partial charge in [0.1, 0.15) is 0 Å².